The van der Waals surface area contributed by atoms with Crippen molar-refractivity contribution in [2.75, 3.05) is 54.6 Å². The minimum atomic E-state index is -0.689. The summed E-state index contributed by atoms with van der Waals surface area (Å²) in [5.74, 6) is 1.95. The summed E-state index contributed by atoms with van der Waals surface area (Å²) in [4.78, 5) is 152. The quantitative estimate of drug-likeness (QED) is 0.0329. The van der Waals surface area contributed by atoms with E-state index in [1.54, 1.807) is 47.0 Å². The Morgan fingerprint density at radius 1 is 0.339 bits per heavy atom. The van der Waals surface area contributed by atoms with Crippen LogP contribution in [0.25, 0.3) is 45.0 Å². The normalized spacial score (nSPS) is 18.7. The number of carbonyl (C=O) groups is 8. The van der Waals surface area contributed by atoms with Crippen LogP contribution in [-0.4, -0.2) is 186 Å². The van der Waals surface area contributed by atoms with E-state index in [0.29, 0.717) is 26.2 Å². The Labute approximate surface area is 667 Å². The van der Waals surface area contributed by atoms with E-state index >= 15 is 0 Å². The Hall–Kier alpha value is -9.92. The number of carbonyl (C=O) groups excluding carboxylic acids is 8. The lowest BCUT2D eigenvalue weighted by atomic mass is 10.0. The zero-order valence-electron chi connectivity index (χ0n) is 64.8. The maximum Gasteiger partial charge on any atom is 0.407 e. The second-order valence-corrected chi connectivity index (χ2v) is 34.3. The maximum atomic E-state index is 13.6. The summed E-state index contributed by atoms with van der Waals surface area (Å²) < 4.78 is 19.1. The summed E-state index contributed by atoms with van der Waals surface area (Å²) in [6, 6.07) is 22.0. The fourth-order valence-corrected chi connectivity index (χ4v) is 19.8. The number of likely N-dealkylation sites (tertiary alicyclic amines) is 4. The Morgan fingerprint density at radius 3 is 0.732 bits per heavy atom. The topological polar surface area (TPSA) is 349 Å². The first-order chi connectivity index (χ1) is 53.9. The van der Waals surface area contributed by atoms with E-state index in [1.165, 1.54) is 28.4 Å². The molecule has 4 saturated heterocycles. The summed E-state index contributed by atoms with van der Waals surface area (Å²) >= 11 is 6.89. The summed E-state index contributed by atoms with van der Waals surface area (Å²) in [6.45, 7) is 17.6. The van der Waals surface area contributed by atoms with Gasteiger partial charge in [0.1, 0.15) is 47.5 Å². The SMILES string of the molecule is COC(=O)N[C@H](C(=O)N1CCC[C@H]1c1ncc(-c2ccc3c(c2)Sc2ccc(-c4cnc([C@@H]5CCCN5C(=O)[C@@H](NC(=O)OC)C(C)C)[nH]4)cc2S3)[nH]1)C(C)C.COC(=O)N[C@H](C(=O)N1CCC[C@H]1c1ncc(-c2ccc3c(c2)Sc2ccc(-c4cnc([C@@H]5CCCN5C(=O)[C@@H](NC(=O)OC)C(C)C)[nH]4)cc2S3)[nH]1)C(C)C. The largest absolute Gasteiger partial charge is 0.453 e. The molecule has 112 heavy (non-hydrogen) atoms. The van der Waals surface area contributed by atoms with Crippen LogP contribution in [0.5, 0.6) is 0 Å². The zero-order chi connectivity index (χ0) is 79.3. The predicted molar refractivity (Wildman–Crippen MR) is 424 cm³/mol. The van der Waals surface area contributed by atoms with Gasteiger partial charge in [0, 0.05) is 87.6 Å². The number of aromatic nitrogens is 8. The minimum Gasteiger partial charge on any atom is -0.453 e. The number of aromatic amines is 4. The summed E-state index contributed by atoms with van der Waals surface area (Å²) in [7, 11) is 5.17. The summed E-state index contributed by atoms with van der Waals surface area (Å²) in [6.07, 6.45) is 11.3. The van der Waals surface area contributed by atoms with Gasteiger partial charge in [-0.1, -0.05) is 127 Å². The molecule has 0 radical (unpaired) electrons. The Morgan fingerprint density at radius 2 is 0.545 bits per heavy atom. The second-order valence-electron chi connectivity index (χ2n) is 30.0. The first kappa shape index (κ1) is 80.1. The van der Waals surface area contributed by atoms with Gasteiger partial charge in [0.05, 0.1) is 100 Å². The van der Waals surface area contributed by atoms with Crippen LogP contribution in [0.4, 0.5) is 19.2 Å². The third kappa shape index (κ3) is 17.3. The molecule has 10 heterocycles. The van der Waals surface area contributed by atoms with Crippen molar-refractivity contribution in [2.24, 2.45) is 23.7 Å². The average molecular weight is 1600 g/mol. The number of hydrogen-bond donors (Lipinski definition) is 8. The number of alkyl carbamates (subject to hydrolysis) is 4. The number of hydrogen-bond acceptors (Lipinski definition) is 20. The smallest absolute Gasteiger partial charge is 0.407 e. The lowest BCUT2D eigenvalue weighted by molar-refractivity contribution is -0.136. The summed E-state index contributed by atoms with van der Waals surface area (Å²) in [5.41, 5.74) is 7.51. The van der Waals surface area contributed by atoms with Gasteiger partial charge in [0.25, 0.3) is 0 Å². The molecule has 6 aliphatic rings. The van der Waals surface area contributed by atoms with E-state index in [2.05, 4.69) is 114 Å². The van der Waals surface area contributed by atoms with Gasteiger partial charge in [0.15, 0.2) is 0 Å². The van der Waals surface area contributed by atoms with Crippen molar-refractivity contribution >= 4 is 95.0 Å². The van der Waals surface area contributed by atoms with E-state index in [4.69, 9.17) is 38.9 Å². The highest BCUT2D eigenvalue weighted by Gasteiger charge is 2.43. The Kier molecular flexibility index (Phi) is 25.0. The van der Waals surface area contributed by atoms with Crippen molar-refractivity contribution in [3.05, 3.63) is 121 Å². The molecule has 0 bridgehead atoms. The van der Waals surface area contributed by atoms with Crippen LogP contribution in [0.2, 0.25) is 0 Å². The first-order valence-corrected chi connectivity index (χ1v) is 41.3. The molecule has 6 aliphatic heterocycles. The van der Waals surface area contributed by atoms with E-state index < -0.39 is 48.5 Å². The number of amides is 8. The third-order valence-electron chi connectivity index (χ3n) is 21.3. The summed E-state index contributed by atoms with van der Waals surface area (Å²) in [5, 5.41) is 10.8. The molecule has 14 rings (SSSR count). The minimum absolute atomic E-state index is 0.106. The standard InChI is InChI=1S/2C40H48N8O6S2/c2*1-21(2)33(45-39(51)53-5)37(49)47-15-7-9-27(47)35-41-19-25(43-35)23-11-13-29-31(17-23)55-30-14-12-24(18-32(30)56-29)26-20-42-36(44-26)28-10-8-16-48(28)38(50)34(22(3)4)46-40(52)54-6/h2*11-14,17-22,27-28,33-34H,7-10,15-16H2,1-6H3,(H,41,43)(H,42,44)(H,45,51)(H,46,52)/t2*27-,28-,33-,34-/m00/s1. The van der Waals surface area contributed by atoms with Crippen LogP contribution >= 0.6 is 47.0 Å². The molecule has 0 aliphatic carbocycles. The van der Waals surface area contributed by atoms with Crippen molar-refractivity contribution < 1.29 is 57.3 Å². The Bertz CT molecular complexity index is 4230. The number of fused-ring (bicyclic) bond motifs is 4. The predicted octanol–water partition coefficient (Wildman–Crippen LogP) is 14.3. The number of H-pyrrole nitrogens is 4. The first-order valence-electron chi connectivity index (χ1n) is 38.0. The van der Waals surface area contributed by atoms with Crippen LogP contribution in [0.1, 0.15) is 154 Å². The van der Waals surface area contributed by atoms with Crippen LogP contribution in [-0.2, 0) is 38.1 Å². The molecule has 28 nitrogen and oxygen atoms in total. The van der Waals surface area contributed by atoms with Gasteiger partial charge in [-0.05, 0) is 124 Å². The number of ether oxygens (including phenoxy) is 4. The number of imidazole rings is 4. The molecule has 0 saturated carbocycles. The number of nitrogens with one attached hydrogen (secondary N) is 8. The molecular formula is C80H96N16O12S4. The lowest BCUT2D eigenvalue weighted by Crippen LogP contribution is -2.51. The third-order valence-corrected chi connectivity index (χ3v) is 26.3. The van der Waals surface area contributed by atoms with Gasteiger partial charge in [-0.3, -0.25) is 19.2 Å². The van der Waals surface area contributed by atoms with E-state index in [9.17, 15) is 38.4 Å². The molecule has 4 aromatic carbocycles. The molecule has 4 fully saturated rings. The highest BCUT2D eigenvalue weighted by Crippen LogP contribution is 2.52. The number of rotatable bonds is 20. The van der Waals surface area contributed by atoms with Crippen molar-refractivity contribution in [3.63, 3.8) is 0 Å². The molecule has 8 atom stereocenters. The highest BCUT2D eigenvalue weighted by atomic mass is 32.2. The van der Waals surface area contributed by atoms with Gasteiger partial charge in [-0.15, -0.1) is 0 Å². The molecule has 0 unspecified atom stereocenters. The zero-order valence-corrected chi connectivity index (χ0v) is 68.0. The molecule has 32 heteroatoms. The van der Waals surface area contributed by atoms with Crippen molar-refractivity contribution in [2.45, 2.75) is 194 Å². The van der Waals surface area contributed by atoms with Crippen molar-refractivity contribution in [3.8, 4) is 45.0 Å². The van der Waals surface area contributed by atoms with Gasteiger partial charge < -0.3 is 79.8 Å². The van der Waals surface area contributed by atoms with E-state index in [0.717, 1.165) is 159 Å². The molecular weight excluding hydrogens is 1510 g/mol. The lowest BCUT2D eigenvalue weighted by Gasteiger charge is -2.30. The number of benzene rings is 4. The maximum absolute atomic E-state index is 13.6. The number of methoxy groups -OCH3 is 4. The fourth-order valence-electron chi connectivity index (χ4n) is 15.2. The molecule has 8 aromatic rings. The van der Waals surface area contributed by atoms with Crippen molar-refractivity contribution in [1.29, 1.82) is 0 Å². The molecule has 8 N–H and O–H groups in total. The van der Waals surface area contributed by atoms with Gasteiger partial charge in [-0.25, -0.2) is 39.1 Å². The van der Waals surface area contributed by atoms with Gasteiger partial charge in [0.2, 0.25) is 23.6 Å². The van der Waals surface area contributed by atoms with Gasteiger partial charge in [-0.2, -0.15) is 0 Å². The van der Waals surface area contributed by atoms with Gasteiger partial charge >= 0.3 is 24.4 Å². The second kappa shape index (κ2) is 35.0. The molecule has 592 valence electrons. The average Bonchev–Trinajstić information content (AvgIpc) is 1.13. The van der Waals surface area contributed by atoms with E-state index in [-0.39, 0.29) is 71.5 Å². The van der Waals surface area contributed by atoms with Crippen LogP contribution < -0.4 is 21.3 Å². The monoisotopic (exact) mass is 1600 g/mol. The van der Waals surface area contributed by atoms with Crippen molar-refractivity contribution in [1.82, 2.24) is 80.7 Å². The highest BCUT2D eigenvalue weighted by molar-refractivity contribution is 8.05. The van der Waals surface area contributed by atoms with Crippen LogP contribution in [0, 0.1) is 23.7 Å². The number of nitrogens with zero attached hydrogens (tertiary/aromatic N) is 8. The molecule has 0 spiro atoms. The fraction of sp³-hybridized carbons (Fsp3) is 0.450. The Balaban J connectivity index is 0.000000196. The molecule has 8 amide bonds. The van der Waals surface area contributed by atoms with Crippen LogP contribution in [0.15, 0.2) is 137 Å². The molecule has 4 aromatic heterocycles. The van der Waals surface area contributed by atoms with E-state index in [1.807, 2.05) is 99.8 Å². The van der Waals surface area contributed by atoms with Crippen LogP contribution in [0.3, 0.4) is 0 Å².